The number of hydrogen-bond donors (Lipinski definition) is 0. The van der Waals surface area contributed by atoms with Crippen molar-refractivity contribution in [3.8, 4) is 17.2 Å². The molecule has 1 aliphatic rings. The molecule has 2 aromatic carbocycles. The fourth-order valence-electron chi connectivity index (χ4n) is 4.22. The highest BCUT2D eigenvalue weighted by atomic mass is 16.5. The topological polar surface area (TPSA) is 102 Å². The summed E-state index contributed by atoms with van der Waals surface area (Å²) >= 11 is 0. The van der Waals surface area contributed by atoms with E-state index in [1.54, 1.807) is 67.0 Å². The average Bonchev–Trinajstić information content (AvgIpc) is 3.16. The predicted molar refractivity (Wildman–Crippen MR) is 130 cm³/mol. The number of nitrogens with one attached hydrogen (secondary N) is 1. The first-order valence-electron chi connectivity index (χ1n) is 11.3. The van der Waals surface area contributed by atoms with Crippen LogP contribution in [0.3, 0.4) is 0 Å². The first-order valence-corrected chi connectivity index (χ1v) is 11.3. The highest BCUT2D eigenvalue weighted by Gasteiger charge is 2.45. The van der Waals surface area contributed by atoms with E-state index in [1.807, 2.05) is 6.07 Å². The molecule has 8 nitrogen and oxygen atoms in total. The van der Waals surface area contributed by atoms with Crippen LogP contribution in [-0.4, -0.2) is 37.4 Å². The molecule has 3 aromatic rings. The molecular weight excluding hydrogens is 460 g/mol. The number of rotatable bonds is 9. The number of hydrogen-bond acceptors (Lipinski definition) is 6. The van der Waals surface area contributed by atoms with Gasteiger partial charge in [0.1, 0.15) is 12.4 Å². The monoisotopic (exact) mass is 486 g/mol. The van der Waals surface area contributed by atoms with Gasteiger partial charge in [-0.15, -0.1) is 0 Å². The Balaban J connectivity index is 1.87. The zero-order chi connectivity index (χ0) is 25.7. The number of pyridine rings is 1. The SMILES string of the molecule is C=CCOc1ccc(/C([O-])=C2\C(=O)C(=O)N(Cc3ccc[nH+]c3)C2c2cccc(OC)c2OC)cc1. The molecule has 0 aliphatic carbocycles. The van der Waals surface area contributed by atoms with E-state index in [0.717, 1.165) is 5.56 Å². The summed E-state index contributed by atoms with van der Waals surface area (Å²) in [6.07, 6.45) is 5.09. The number of para-hydroxylation sites is 1. The molecule has 0 spiro atoms. The van der Waals surface area contributed by atoms with Crippen molar-refractivity contribution in [1.82, 2.24) is 4.90 Å². The maximum Gasteiger partial charge on any atom is 0.295 e. The first kappa shape index (κ1) is 24.5. The van der Waals surface area contributed by atoms with Gasteiger partial charge in [-0.2, -0.15) is 0 Å². The van der Waals surface area contributed by atoms with Crippen molar-refractivity contribution in [2.45, 2.75) is 12.6 Å². The van der Waals surface area contributed by atoms with Gasteiger partial charge >= 0.3 is 0 Å². The van der Waals surface area contributed by atoms with Crippen LogP contribution >= 0.6 is 0 Å². The molecular formula is C28H26N2O6. The molecule has 4 rings (SSSR count). The van der Waals surface area contributed by atoms with E-state index in [1.165, 1.54) is 19.1 Å². The second-order valence-electron chi connectivity index (χ2n) is 8.03. The molecule has 1 amide bonds. The Bertz CT molecular complexity index is 1300. The number of Topliss-reactive ketones (excluding diaryl/α,β-unsaturated/α-hetero) is 1. The number of H-pyrrole nitrogens is 1. The van der Waals surface area contributed by atoms with Gasteiger partial charge in [-0.05, 0) is 29.8 Å². The molecule has 36 heavy (non-hydrogen) atoms. The van der Waals surface area contributed by atoms with E-state index < -0.39 is 23.5 Å². The van der Waals surface area contributed by atoms with Crippen LogP contribution in [0.2, 0.25) is 0 Å². The Morgan fingerprint density at radius 2 is 1.86 bits per heavy atom. The molecule has 1 atom stereocenters. The van der Waals surface area contributed by atoms with E-state index in [0.29, 0.717) is 29.4 Å². The number of carbonyl (C=O) groups excluding carboxylic acids is 2. The van der Waals surface area contributed by atoms with Gasteiger partial charge < -0.3 is 24.2 Å². The number of likely N-dealkylation sites (tertiary alicyclic amines) is 1. The summed E-state index contributed by atoms with van der Waals surface area (Å²) in [4.78, 5) is 30.9. The van der Waals surface area contributed by atoms with Crippen molar-refractivity contribution >= 4 is 17.4 Å². The predicted octanol–water partition coefficient (Wildman–Crippen LogP) is 2.51. The molecule has 1 aromatic heterocycles. The van der Waals surface area contributed by atoms with Gasteiger partial charge in [-0.25, -0.2) is 4.98 Å². The number of benzene rings is 2. The van der Waals surface area contributed by atoms with E-state index >= 15 is 0 Å². The summed E-state index contributed by atoms with van der Waals surface area (Å²) in [5.41, 5.74) is 1.36. The van der Waals surface area contributed by atoms with Gasteiger partial charge in [0.2, 0.25) is 5.78 Å². The van der Waals surface area contributed by atoms with E-state index in [2.05, 4.69) is 11.6 Å². The maximum atomic E-state index is 13.7. The summed E-state index contributed by atoms with van der Waals surface area (Å²) in [7, 11) is 2.97. The normalized spacial score (nSPS) is 16.6. The molecule has 1 saturated heterocycles. The van der Waals surface area contributed by atoms with E-state index in [-0.39, 0.29) is 17.7 Å². The minimum Gasteiger partial charge on any atom is -0.872 e. The summed E-state index contributed by atoms with van der Waals surface area (Å²) < 4.78 is 16.5. The summed E-state index contributed by atoms with van der Waals surface area (Å²) in [5.74, 6) is -0.829. The summed E-state index contributed by atoms with van der Waals surface area (Å²) in [6, 6.07) is 14.2. The number of aromatic amines is 1. The number of ether oxygens (including phenoxy) is 3. The van der Waals surface area contributed by atoms with Crippen LogP contribution in [0.25, 0.3) is 5.76 Å². The fourth-order valence-corrected chi connectivity index (χ4v) is 4.22. The van der Waals surface area contributed by atoms with Gasteiger partial charge in [-0.1, -0.05) is 42.7 Å². The smallest absolute Gasteiger partial charge is 0.295 e. The maximum absolute atomic E-state index is 13.7. The molecule has 1 unspecified atom stereocenters. The highest BCUT2D eigenvalue weighted by Crippen LogP contribution is 2.45. The third kappa shape index (κ3) is 4.65. The van der Waals surface area contributed by atoms with Crippen LogP contribution in [0.15, 0.2) is 85.2 Å². The van der Waals surface area contributed by atoms with Crippen LogP contribution in [0.4, 0.5) is 0 Å². The number of nitrogens with zero attached hydrogens (tertiary/aromatic N) is 1. The minimum atomic E-state index is -0.973. The van der Waals surface area contributed by atoms with Crippen molar-refractivity contribution < 1.29 is 33.9 Å². The van der Waals surface area contributed by atoms with Gasteiger partial charge in [0.15, 0.2) is 23.9 Å². The van der Waals surface area contributed by atoms with Gasteiger partial charge in [0.25, 0.3) is 5.91 Å². The Kier molecular flexibility index (Phi) is 7.34. The zero-order valence-corrected chi connectivity index (χ0v) is 20.0. The lowest BCUT2D eigenvalue weighted by molar-refractivity contribution is -0.378. The Labute approximate surface area is 209 Å². The lowest BCUT2D eigenvalue weighted by Crippen LogP contribution is -2.30. The molecule has 8 heteroatoms. The quantitative estimate of drug-likeness (QED) is 0.199. The molecule has 1 aliphatic heterocycles. The van der Waals surface area contributed by atoms with Crippen LogP contribution < -0.4 is 24.3 Å². The van der Waals surface area contributed by atoms with Gasteiger partial charge in [0, 0.05) is 22.8 Å². The number of methoxy groups -OCH3 is 2. The van der Waals surface area contributed by atoms with Crippen LogP contribution in [0.5, 0.6) is 17.2 Å². The average molecular weight is 487 g/mol. The first-order chi connectivity index (χ1) is 17.5. The zero-order valence-electron chi connectivity index (χ0n) is 20.0. The highest BCUT2D eigenvalue weighted by molar-refractivity contribution is 6.46. The van der Waals surface area contributed by atoms with Crippen molar-refractivity contribution in [3.05, 3.63) is 102 Å². The molecule has 1 N–H and O–H groups in total. The Morgan fingerprint density at radius 1 is 1.08 bits per heavy atom. The van der Waals surface area contributed by atoms with Crippen molar-refractivity contribution in [2.75, 3.05) is 20.8 Å². The number of carbonyl (C=O) groups is 2. The number of amides is 1. The Hall–Kier alpha value is -4.59. The van der Waals surface area contributed by atoms with Gasteiger partial charge in [-0.3, -0.25) is 9.59 Å². The lowest BCUT2D eigenvalue weighted by Gasteiger charge is -2.28. The number of aromatic nitrogens is 1. The van der Waals surface area contributed by atoms with Crippen molar-refractivity contribution in [3.63, 3.8) is 0 Å². The van der Waals surface area contributed by atoms with E-state index in [4.69, 9.17) is 14.2 Å². The summed E-state index contributed by atoms with van der Waals surface area (Å²) in [6.45, 7) is 4.04. The second kappa shape index (κ2) is 10.8. The van der Waals surface area contributed by atoms with Crippen LogP contribution in [0.1, 0.15) is 22.7 Å². The van der Waals surface area contributed by atoms with Crippen LogP contribution in [-0.2, 0) is 16.1 Å². The third-order valence-corrected chi connectivity index (χ3v) is 5.87. The fraction of sp³-hybridized carbons (Fsp3) is 0.179. The molecule has 0 bridgehead atoms. The van der Waals surface area contributed by atoms with Gasteiger partial charge in [0.05, 0.1) is 26.8 Å². The summed E-state index contributed by atoms with van der Waals surface area (Å²) in [5, 5.41) is 13.7. The molecule has 2 heterocycles. The molecule has 1 fully saturated rings. The third-order valence-electron chi connectivity index (χ3n) is 5.87. The lowest BCUT2D eigenvalue weighted by atomic mass is 9.94. The standard InChI is InChI=1S/C28H26N2O6/c1-4-15-36-20-12-10-19(11-13-20)25(31)23-24(21-8-5-9-22(34-2)27(21)35-3)30(28(33)26(23)32)17-18-7-6-14-29-16-18/h4-14,16,24,31H,1,15,17H2,2-3H3/b25-23+. The van der Waals surface area contributed by atoms with Crippen LogP contribution in [0, 0.1) is 0 Å². The largest absolute Gasteiger partial charge is 0.872 e. The molecule has 0 saturated carbocycles. The van der Waals surface area contributed by atoms with E-state index in [9.17, 15) is 14.7 Å². The Morgan fingerprint density at radius 3 is 2.50 bits per heavy atom. The number of ketones is 1. The van der Waals surface area contributed by atoms with Crippen molar-refractivity contribution in [2.24, 2.45) is 0 Å². The molecule has 184 valence electrons. The molecule has 0 radical (unpaired) electrons. The minimum absolute atomic E-state index is 0.109. The second-order valence-corrected chi connectivity index (χ2v) is 8.03. The van der Waals surface area contributed by atoms with Crippen molar-refractivity contribution in [1.29, 1.82) is 0 Å².